The number of hydrogen-bond donors (Lipinski definition) is 0. The molecular formula is C28H23Cl2N3O3S. The predicted octanol–water partition coefficient (Wildman–Crippen LogP) is 6.63. The molecule has 0 aliphatic carbocycles. The lowest BCUT2D eigenvalue weighted by Gasteiger charge is -2.27. The van der Waals surface area contributed by atoms with Crippen molar-refractivity contribution >= 4 is 33.0 Å². The summed E-state index contributed by atoms with van der Waals surface area (Å²) in [6.45, 7) is 4.22. The maximum absolute atomic E-state index is 11.7. The van der Waals surface area contributed by atoms with E-state index >= 15 is 0 Å². The van der Waals surface area contributed by atoms with Crippen molar-refractivity contribution < 1.29 is 13.2 Å². The number of hydrogen-bond acceptors (Lipinski definition) is 6. The number of benzene rings is 3. The first-order chi connectivity index (χ1) is 17.5. The summed E-state index contributed by atoms with van der Waals surface area (Å²) in [7, 11) is -3.50. The van der Waals surface area contributed by atoms with Gasteiger partial charge in [-0.2, -0.15) is 5.26 Å². The van der Waals surface area contributed by atoms with Gasteiger partial charge in [0.2, 0.25) is 15.0 Å². The first kappa shape index (κ1) is 26.6. The fourth-order valence-electron chi connectivity index (χ4n) is 3.89. The molecule has 0 unspecified atom stereocenters. The zero-order valence-corrected chi connectivity index (χ0v) is 22.7. The molecule has 0 radical (unpaired) electrons. The van der Waals surface area contributed by atoms with Gasteiger partial charge >= 0.3 is 0 Å². The van der Waals surface area contributed by atoms with Gasteiger partial charge in [-0.3, -0.25) is 0 Å². The number of nitrogens with zero attached hydrogens (tertiary/aromatic N) is 3. The van der Waals surface area contributed by atoms with E-state index in [1.807, 2.05) is 48.5 Å². The third-order valence-electron chi connectivity index (χ3n) is 6.05. The summed E-state index contributed by atoms with van der Waals surface area (Å²) in [5.41, 5.74) is 3.88. The highest BCUT2D eigenvalue weighted by Gasteiger charge is 2.26. The predicted molar refractivity (Wildman–Crippen MR) is 145 cm³/mol. The highest BCUT2D eigenvalue weighted by Crippen LogP contribution is 2.39. The SMILES string of the molecule is CC(C)(c1ccc(OCc2ccnc(S(C)(=O)=O)n2)cc1)c1cc(Cl)c(-c2ccc(Cl)cc2)c(C#N)c1. The summed E-state index contributed by atoms with van der Waals surface area (Å²) < 4.78 is 29.2. The maximum atomic E-state index is 11.7. The summed E-state index contributed by atoms with van der Waals surface area (Å²) in [4.78, 5) is 7.83. The fraction of sp³-hybridized carbons (Fsp3) is 0.179. The van der Waals surface area contributed by atoms with Gasteiger partial charge in [-0.1, -0.05) is 61.3 Å². The average Bonchev–Trinajstić information content (AvgIpc) is 2.87. The minimum atomic E-state index is -3.50. The molecule has 4 rings (SSSR count). The molecule has 0 spiro atoms. The molecule has 9 heteroatoms. The van der Waals surface area contributed by atoms with Crippen LogP contribution in [-0.4, -0.2) is 24.6 Å². The molecule has 0 atom stereocenters. The van der Waals surface area contributed by atoms with Crippen LogP contribution in [-0.2, 0) is 21.9 Å². The Labute approximate surface area is 226 Å². The largest absolute Gasteiger partial charge is 0.487 e. The molecule has 0 aliphatic heterocycles. The van der Waals surface area contributed by atoms with Gasteiger partial charge in [0.1, 0.15) is 12.4 Å². The van der Waals surface area contributed by atoms with Crippen LogP contribution in [0.4, 0.5) is 0 Å². The smallest absolute Gasteiger partial charge is 0.247 e. The van der Waals surface area contributed by atoms with Gasteiger partial charge in [-0.05, 0) is 59.2 Å². The molecule has 37 heavy (non-hydrogen) atoms. The molecule has 1 heterocycles. The highest BCUT2D eigenvalue weighted by atomic mass is 35.5. The minimum Gasteiger partial charge on any atom is -0.487 e. The number of nitriles is 1. The molecule has 0 aliphatic rings. The summed E-state index contributed by atoms with van der Waals surface area (Å²) in [5, 5.41) is 10.7. The van der Waals surface area contributed by atoms with Crippen molar-refractivity contribution in [2.75, 3.05) is 6.26 Å². The Morgan fingerprint density at radius 2 is 1.65 bits per heavy atom. The molecule has 0 saturated heterocycles. The van der Waals surface area contributed by atoms with E-state index in [2.05, 4.69) is 29.9 Å². The van der Waals surface area contributed by atoms with E-state index < -0.39 is 15.3 Å². The molecule has 0 bridgehead atoms. The lowest BCUT2D eigenvalue weighted by atomic mass is 9.77. The van der Waals surface area contributed by atoms with Crippen LogP contribution in [0.15, 0.2) is 78.1 Å². The molecule has 0 N–H and O–H groups in total. The van der Waals surface area contributed by atoms with Crippen LogP contribution in [0.3, 0.4) is 0 Å². The maximum Gasteiger partial charge on any atom is 0.247 e. The monoisotopic (exact) mass is 551 g/mol. The molecular weight excluding hydrogens is 529 g/mol. The van der Waals surface area contributed by atoms with Crippen molar-refractivity contribution in [2.24, 2.45) is 0 Å². The van der Waals surface area contributed by atoms with E-state index in [9.17, 15) is 13.7 Å². The molecule has 0 saturated carbocycles. The number of halogens is 2. The van der Waals surface area contributed by atoms with Crippen molar-refractivity contribution in [1.82, 2.24) is 9.97 Å². The third kappa shape index (κ3) is 5.94. The summed E-state index contributed by atoms with van der Waals surface area (Å²) in [6, 6.07) is 22.5. The van der Waals surface area contributed by atoms with Crippen LogP contribution in [0.1, 0.15) is 36.2 Å². The van der Waals surface area contributed by atoms with Crippen molar-refractivity contribution in [3.05, 3.63) is 105 Å². The average molecular weight is 552 g/mol. The number of sulfone groups is 1. The van der Waals surface area contributed by atoms with Crippen LogP contribution in [0.5, 0.6) is 5.75 Å². The van der Waals surface area contributed by atoms with E-state index in [1.165, 1.54) is 6.20 Å². The normalized spacial score (nSPS) is 11.7. The van der Waals surface area contributed by atoms with Crippen molar-refractivity contribution in [3.63, 3.8) is 0 Å². The Hall–Kier alpha value is -3.44. The van der Waals surface area contributed by atoms with Crippen LogP contribution in [0, 0.1) is 11.3 Å². The molecule has 0 fully saturated rings. The van der Waals surface area contributed by atoms with Gasteiger partial charge < -0.3 is 4.74 Å². The van der Waals surface area contributed by atoms with Crippen molar-refractivity contribution in [1.29, 1.82) is 5.26 Å². The van der Waals surface area contributed by atoms with E-state index in [0.29, 0.717) is 32.6 Å². The minimum absolute atomic E-state index is 0.0983. The first-order valence-electron chi connectivity index (χ1n) is 11.2. The van der Waals surface area contributed by atoms with Crippen LogP contribution in [0.25, 0.3) is 11.1 Å². The topological polar surface area (TPSA) is 92.9 Å². The van der Waals surface area contributed by atoms with Crippen molar-refractivity contribution in [2.45, 2.75) is 31.0 Å². The molecule has 0 amide bonds. The van der Waals surface area contributed by atoms with Crippen molar-refractivity contribution in [3.8, 4) is 22.9 Å². The Bertz CT molecular complexity index is 1600. The number of rotatable bonds is 7. The second kappa shape index (κ2) is 10.5. The summed E-state index contributed by atoms with van der Waals surface area (Å²) >= 11 is 12.7. The Balaban J connectivity index is 1.56. The third-order valence-corrected chi connectivity index (χ3v) is 7.46. The van der Waals surface area contributed by atoms with Gasteiger partial charge in [0.05, 0.1) is 22.3 Å². The molecule has 6 nitrogen and oxygen atoms in total. The number of aromatic nitrogens is 2. The second-order valence-electron chi connectivity index (χ2n) is 9.04. The zero-order chi connectivity index (χ0) is 26.8. The summed E-state index contributed by atoms with van der Waals surface area (Å²) in [5.74, 6) is 0.605. The molecule has 4 aromatic rings. The standard InChI is InChI=1S/C28H23Cl2N3O3S/c1-28(2,21-14-19(16-31)26(25(30)15-21)18-4-8-22(29)9-5-18)20-6-10-24(11-7-20)36-17-23-12-13-32-27(33-23)37(3,34)35/h4-15H,17H2,1-3H3. The van der Waals surface area contributed by atoms with Gasteiger partial charge in [0.15, 0.2) is 0 Å². The number of ether oxygens (including phenoxy) is 1. The van der Waals surface area contributed by atoms with Gasteiger partial charge in [-0.25, -0.2) is 18.4 Å². The van der Waals surface area contributed by atoms with E-state index in [4.69, 9.17) is 27.9 Å². The highest BCUT2D eigenvalue weighted by molar-refractivity contribution is 7.90. The first-order valence-corrected chi connectivity index (χ1v) is 13.9. The Morgan fingerprint density at radius 1 is 0.973 bits per heavy atom. The van der Waals surface area contributed by atoms with Crippen LogP contribution in [0.2, 0.25) is 10.0 Å². The lowest BCUT2D eigenvalue weighted by molar-refractivity contribution is 0.299. The fourth-order valence-corrected chi connectivity index (χ4v) is 4.88. The zero-order valence-electron chi connectivity index (χ0n) is 20.4. The Kier molecular flexibility index (Phi) is 7.56. The lowest BCUT2D eigenvalue weighted by Crippen LogP contribution is -2.19. The summed E-state index contributed by atoms with van der Waals surface area (Å²) in [6.07, 6.45) is 2.46. The molecule has 188 valence electrons. The quantitative estimate of drug-likeness (QED) is 0.239. The van der Waals surface area contributed by atoms with Crippen LogP contribution >= 0.6 is 23.2 Å². The van der Waals surface area contributed by atoms with Gasteiger partial charge in [0, 0.05) is 28.5 Å². The van der Waals surface area contributed by atoms with E-state index in [1.54, 1.807) is 18.2 Å². The van der Waals surface area contributed by atoms with Gasteiger partial charge in [-0.15, -0.1) is 0 Å². The van der Waals surface area contributed by atoms with E-state index in [-0.39, 0.29) is 11.8 Å². The second-order valence-corrected chi connectivity index (χ2v) is 11.8. The molecule has 1 aromatic heterocycles. The molecule has 3 aromatic carbocycles. The Morgan fingerprint density at radius 3 is 2.27 bits per heavy atom. The van der Waals surface area contributed by atoms with E-state index in [0.717, 1.165) is 22.9 Å². The van der Waals surface area contributed by atoms with Crippen LogP contribution < -0.4 is 4.74 Å². The van der Waals surface area contributed by atoms with Gasteiger partial charge in [0.25, 0.3) is 0 Å².